The fourth-order valence-corrected chi connectivity index (χ4v) is 2.75. The summed E-state index contributed by atoms with van der Waals surface area (Å²) >= 11 is 5.90. The molecule has 0 atom stereocenters. The number of rotatable bonds is 5. The molecule has 0 heterocycles. The summed E-state index contributed by atoms with van der Waals surface area (Å²) < 4.78 is 21.8. The minimum absolute atomic E-state index is 0.00620. The average Bonchev–Trinajstić information content (AvgIpc) is 2.52. The zero-order chi connectivity index (χ0) is 10.7. The Morgan fingerprint density at radius 2 is 1.93 bits per heavy atom. The number of halogens is 1. The number of hydrogen-bond acceptors (Lipinski definition) is 3. The zero-order valence-corrected chi connectivity index (χ0v) is 10.1. The first-order chi connectivity index (χ1) is 6.47. The Morgan fingerprint density at radius 1 is 1.36 bits per heavy atom. The van der Waals surface area contributed by atoms with Gasteiger partial charge in [0.2, 0.25) is 0 Å². The Hall–Kier alpha value is 0.200. The van der Waals surface area contributed by atoms with Gasteiger partial charge < -0.3 is 5.32 Å². The zero-order valence-electron chi connectivity index (χ0n) is 8.55. The molecule has 1 N–H and O–H groups in total. The van der Waals surface area contributed by atoms with Gasteiger partial charge in [-0.25, -0.2) is 8.42 Å². The molecule has 0 aromatic rings. The smallest absolute Gasteiger partial charge is 0.148 e. The van der Waals surface area contributed by atoms with Gasteiger partial charge in [-0.1, -0.05) is 12.8 Å². The average molecular weight is 240 g/mol. The number of hydrogen-bond donors (Lipinski definition) is 1. The predicted octanol–water partition coefficient (Wildman–Crippen LogP) is 1.17. The summed E-state index contributed by atoms with van der Waals surface area (Å²) in [6.45, 7) is 0.519. The van der Waals surface area contributed by atoms with Crippen LogP contribution < -0.4 is 5.32 Å². The molecule has 0 radical (unpaired) electrons. The summed E-state index contributed by atoms with van der Waals surface area (Å²) in [5.41, 5.74) is 0.00620. The first kappa shape index (κ1) is 12.3. The standard InChI is InChI=1S/C9H18ClNO2S/c1-14(12,13)7-6-11-9(8-10)4-2-3-5-9/h11H,2-8H2,1H3. The van der Waals surface area contributed by atoms with Crippen molar-refractivity contribution < 1.29 is 8.42 Å². The fraction of sp³-hybridized carbons (Fsp3) is 1.00. The molecule has 1 aliphatic carbocycles. The van der Waals surface area contributed by atoms with Crippen molar-refractivity contribution in [2.45, 2.75) is 31.2 Å². The highest BCUT2D eigenvalue weighted by molar-refractivity contribution is 7.90. The van der Waals surface area contributed by atoms with Gasteiger partial charge in [0.15, 0.2) is 0 Å². The van der Waals surface area contributed by atoms with Gasteiger partial charge in [-0.15, -0.1) is 11.6 Å². The largest absolute Gasteiger partial charge is 0.309 e. The third-order valence-electron chi connectivity index (χ3n) is 2.79. The minimum atomic E-state index is -2.86. The van der Waals surface area contributed by atoms with Gasteiger partial charge in [0.1, 0.15) is 9.84 Å². The normalized spacial score (nSPS) is 21.3. The predicted molar refractivity (Wildman–Crippen MR) is 59.6 cm³/mol. The quantitative estimate of drug-likeness (QED) is 0.733. The second-order valence-corrected chi connectivity index (χ2v) is 6.70. The Bertz CT molecular complexity index is 271. The summed E-state index contributed by atoms with van der Waals surface area (Å²) in [5.74, 6) is 0.780. The Morgan fingerprint density at radius 3 is 2.36 bits per heavy atom. The van der Waals surface area contributed by atoms with Crippen LogP contribution in [0.25, 0.3) is 0 Å². The second kappa shape index (κ2) is 4.81. The topological polar surface area (TPSA) is 46.2 Å². The van der Waals surface area contributed by atoms with Crippen LogP contribution in [0.2, 0.25) is 0 Å². The lowest BCUT2D eigenvalue weighted by molar-refractivity contribution is 0.380. The van der Waals surface area contributed by atoms with Crippen molar-refractivity contribution in [1.29, 1.82) is 0 Å². The van der Waals surface area contributed by atoms with E-state index >= 15 is 0 Å². The van der Waals surface area contributed by atoms with Crippen molar-refractivity contribution in [2.75, 3.05) is 24.4 Å². The highest BCUT2D eigenvalue weighted by atomic mass is 35.5. The van der Waals surface area contributed by atoms with Gasteiger partial charge >= 0.3 is 0 Å². The molecule has 0 amide bonds. The van der Waals surface area contributed by atoms with Crippen LogP contribution in [0.15, 0.2) is 0 Å². The summed E-state index contributed by atoms with van der Waals surface area (Å²) in [6, 6.07) is 0. The van der Waals surface area contributed by atoms with E-state index in [9.17, 15) is 8.42 Å². The van der Waals surface area contributed by atoms with Crippen LogP contribution in [0.1, 0.15) is 25.7 Å². The van der Waals surface area contributed by atoms with Gasteiger partial charge in [-0.3, -0.25) is 0 Å². The van der Waals surface area contributed by atoms with Crippen LogP contribution in [-0.4, -0.2) is 38.4 Å². The molecule has 0 bridgehead atoms. The van der Waals surface area contributed by atoms with E-state index in [1.807, 2.05) is 0 Å². The van der Waals surface area contributed by atoms with Gasteiger partial charge in [0.25, 0.3) is 0 Å². The molecule has 0 aliphatic heterocycles. The van der Waals surface area contributed by atoms with Crippen LogP contribution in [0.4, 0.5) is 0 Å². The maximum Gasteiger partial charge on any atom is 0.148 e. The van der Waals surface area contributed by atoms with Gasteiger partial charge in [-0.05, 0) is 12.8 Å². The lowest BCUT2D eigenvalue weighted by atomic mass is 10.0. The van der Waals surface area contributed by atoms with E-state index in [0.717, 1.165) is 12.8 Å². The van der Waals surface area contributed by atoms with Crippen LogP contribution in [0.5, 0.6) is 0 Å². The molecular weight excluding hydrogens is 222 g/mol. The SMILES string of the molecule is CS(=O)(=O)CCNC1(CCl)CCCC1. The molecule has 0 spiro atoms. The van der Waals surface area contributed by atoms with Crippen LogP contribution in [0.3, 0.4) is 0 Å². The molecular formula is C9H18ClNO2S. The highest BCUT2D eigenvalue weighted by Gasteiger charge is 2.32. The van der Waals surface area contributed by atoms with Crippen LogP contribution >= 0.6 is 11.6 Å². The summed E-state index contributed by atoms with van der Waals surface area (Å²) in [4.78, 5) is 0. The van der Waals surface area contributed by atoms with Crippen molar-refractivity contribution in [3.05, 3.63) is 0 Å². The molecule has 0 aromatic heterocycles. The molecule has 1 aliphatic rings. The van der Waals surface area contributed by atoms with Gasteiger partial charge in [0.05, 0.1) is 5.75 Å². The third-order valence-corrected chi connectivity index (χ3v) is 4.25. The lowest BCUT2D eigenvalue weighted by Gasteiger charge is -2.27. The monoisotopic (exact) mass is 239 g/mol. The molecule has 5 heteroatoms. The summed E-state index contributed by atoms with van der Waals surface area (Å²) in [6.07, 6.45) is 5.79. The molecule has 84 valence electrons. The first-order valence-electron chi connectivity index (χ1n) is 4.96. The van der Waals surface area contributed by atoms with E-state index in [2.05, 4.69) is 5.32 Å². The van der Waals surface area contributed by atoms with E-state index in [1.54, 1.807) is 0 Å². The van der Waals surface area contributed by atoms with Crippen molar-refractivity contribution in [3.63, 3.8) is 0 Å². The van der Waals surface area contributed by atoms with E-state index in [-0.39, 0.29) is 11.3 Å². The van der Waals surface area contributed by atoms with Crippen molar-refractivity contribution >= 4 is 21.4 Å². The van der Waals surface area contributed by atoms with E-state index in [0.29, 0.717) is 12.4 Å². The molecule has 0 saturated heterocycles. The second-order valence-electron chi connectivity index (χ2n) is 4.18. The lowest BCUT2D eigenvalue weighted by Crippen LogP contribution is -2.46. The van der Waals surface area contributed by atoms with Crippen molar-refractivity contribution in [1.82, 2.24) is 5.32 Å². The van der Waals surface area contributed by atoms with Gasteiger partial charge in [0, 0.05) is 24.2 Å². The maximum absolute atomic E-state index is 10.9. The fourth-order valence-electron chi connectivity index (χ4n) is 1.91. The molecule has 1 saturated carbocycles. The van der Waals surface area contributed by atoms with Crippen LogP contribution in [0, 0.1) is 0 Å². The highest BCUT2D eigenvalue weighted by Crippen LogP contribution is 2.30. The minimum Gasteiger partial charge on any atom is -0.309 e. The number of nitrogens with one attached hydrogen (secondary N) is 1. The number of alkyl halides is 1. The Balaban J connectivity index is 2.35. The molecule has 1 fully saturated rings. The molecule has 0 unspecified atom stereocenters. The van der Waals surface area contributed by atoms with Crippen molar-refractivity contribution in [3.8, 4) is 0 Å². The molecule has 1 rings (SSSR count). The Kier molecular flexibility index (Phi) is 4.22. The van der Waals surface area contributed by atoms with E-state index in [1.165, 1.54) is 19.1 Å². The van der Waals surface area contributed by atoms with Crippen LogP contribution in [-0.2, 0) is 9.84 Å². The summed E-state index contributed by atoms with van der Waals surface area (Å²) in [5, 5.41) is 3.29. The van der Waals surface area contributed by atoms with Crippen molar-refractivity contribution in [2.24, 2.45) is 0 Å². The molecule has 0 aromatic carbocycles. The maximum atomic E-state index is 10.9. The molecule has 3 nitrogen and oxygen atoms in total. The van der Waals surface area contributed by atoms with Gasteiger partial charge in [-0.2, -0.15) is 0 Å². The number of sulfone groups is 1. The molecule has 14 heavy (non-hydrogen) atoms. The van der Waals surface area contributed by atoms with E-state index < -0.39 is 9.84 Å². The first-order valence-corrected chi connectivity index (χ1v) is 7.56. The summed E-state index contributed by atoms with van der Waals surface area (Å²) in [7, 11) is -2.86. The third kappa shape index (κ3) is 3.75. The van der Waals surface area contributed by atoms with E-state index in [4.69, 9.17) is 11.6 Å². The Labute approximate surface area is 91.1 Å².